The Morgan fingerprint density at radius 2 is 2.14 bits per heavy atom. The highest BCUT2D eigenvalue weighted by Gasteiger charge is 2.26. The van der Waals surface area contributed by atoms with Crippen molar-refractivity contribution in [2.24, 2.45) is 0 Å². The van der Waals surface area contributed by atoms with Gasteiger partial charge in [-0.25, -0.2) is 4.98 Å². The Hall–Kier alpha value is -2.19. The van der Waals surface area contributed by atoms with Crippen LogP contribution in [0.2, 0.25) is 0 Å². The molecule has 2 aromatic rings. The van der Waals surface area contributed by atoms with Gasteiger partial charge < -0.3 is 4.90 Å². The summed E-state index contributed by atoms with van der Waals surface area (Å²) < 4.78 is 0. The maximum absolute atomic E-state index is 12.8. The molecular weight excluding hydrogens is 282 g/mol. The lowest BCUT2D eigenvalue weighted by Crippen LogP contribution is -2.29. The number of nitriles is 1. The molecule has 106 valence electrons. The molecule has 0 saturated carbocycles. The molecule has 2 heterocycles. The van der Waals surface area contributed by atoms with Crippen molar-refractivity contribution in [3.05, 3.63) is 40.4 Å². The van der Waals surface area contributed by atoms with E-state index in [1.807, 2.05) is 23.3 Å². The molecule has 0 atom stereocenters. The Morgan fingerprint density at radius 1 is 1.38 bits per heavy atom. The minimum absolute atomic E-state index is 0.0436. The van der Waals surface area contributed by atoms with E-state index in [-0.39, 0.29) is 5.91 Å². The van der Waals surface area contributed by atoms with Gasteiger partial charge in [-0.05, 0) is 31.4 Å². The zero-order valence-corrected chi connectivity index (χ0v) is 12.6. The lowest BCUT2D eigenvalue weighted by atomic mass is 9.96. The molecule has 1 saturated heterocycles. The second-order valence-corrected chi connectivity index (χ2v) is 6.02. The van der Waals surface area contributed by atoms with Crippen LogP contribution < -0.4 is 0 Å². The number of amides is 1. The van der Waals surface area contributed by atoms with Crippen LogP contribution in [0.15, 0.2) is 23.7 Å². The molecule has 0 unspecified atom stereocenters. The van der Waals surface area contributed by atoms with Gasteiger partial charge in [0.05, 0.1) is 17.2 Å². The summed E-state index contributed by atoms with van der Waals surface area (Å²) in [5, 5.41) is 12.1. The Labute approximate surface area is 127 Å². The molecule has 0 radical (unpaired) electrons. The number of rotatable bonds is 2. The third kappa shape index (κ3) is 2.43. The van der Waals surface area contributed by atoms with Gasteiger partial charge in [0.15, 0.2) is 0 Å². The number of hydrogen-bond donors (Lipinski definition) is 0. The molecule has 21 heavy (non-hydrogen) atoms. The minimum atomic E-state index is -0.0436. The Bertz CT molecular complexity index is 710. The van der Waals surface area contributed by atoms with Gasteiger partial charge in [-0.3, -0.25) is 4.79 Å². The molecule has 4 nitrogen and oxygen atoms in total. The Balaban J connectivity index is 2.19. The van der Waals surface area contributed by atoms with E-state index >= 15 is 0 Å². The van der Waals surface area contributed by atoms with E-state index < -0.39 is 0 Å². The molecule has 1 aliphatic rings. The lowest BCUT2D eigenvalue weighted by molar-refractivity contribution is 0.0793. The van der Waals surface area contributed by atoms with Crippen LogP contribution in [0, 0.1) is 18.3 Å². The summed E-state index contributed by atoms with van der Waals surface area (Å²) in [6, 6.07) is 5.78. The number of likely N-dealkylation sites (tertiary alicyclic amines) is 1. The predicted octanol–water partition coefficient (Wildman–Crippen LogP) is 3.23. The van der Waals surface area contributed by atoms with Crippen LogP contribution in [0.5, 0.6) is 0 Å². The monoisotopic (exact) mass is 297 g/mol. The highest BCUT2D eigenvalue weighted by atomic mass is 32.1. The maximum atomic E-state index is 12.8. The summed E-state index contributed by atoms with van der Waals surface area (Å²) in [7, 11) is 0. The number of thiazole rings is 1. The molecule has 1 aromatic heterocycles. The predicted molar refractivity (Wildman–Crippen MR) is 82.1 cm³/mol. The molecule has 1 aromatic carbocycles. The van der Waals surface area contributed by atoms with Crippen molar-refractivity contribution in [2.45, 2.75) is 19.8 Å². The molecule has 1 amide bonds. The Morgan fingerprint density at radius 3 is 2.76 bits per heavy atom. The number of aromatic nitrogens is 1. The van der Waals surface area contributed by atoms with Crippen molar-refractivity contribution in [3.8, 4) is 16.6 Å². The number of carbonyl (C=O) groups excluding carboxylic acids is 1. The minimum Gasteiger partial charge on any atom is -0.339 e. The van der Waals surface area contributed by atoms with Crippen molar-refractivity contribution in [1.29, 1.82) is 5.26 Å². The maximum Gasteiger partial charge on any atom is 0.255 e. The van der Waals surface area contributed by atoms with Gasteiger partial charge in [-0.2, -0.15) is 5.26 Å². The van der Waals surface area contributed by atoms with Gasteiger partial charge in [0.1, 0.15) is 5.01 Å². The quantitative estimate of drug-likeness (QED) is 0.855. The number of nitrogens with zero attached hydrogens (tertiary/aromatic N) is 3. The van der Waals surface area contributed by atoms with Crippen LogP contribution in [-0.2, 0) is 0 Å². The standard InChI is InChI=1S/C16H15N3OS/c1-11-4-5-12(10-17)14(13(11)15-18-6-9-21-15)16(20)19-7-2-3-8-19/h4-6,9H,2-3,7-8H2,1H3. The third-order valence-corrected chi connectivity index (χ3v) is 4.58. The van der Waals surface area contributed by atoms with Crippen molar-refractivity contribution in [2.75, 3.05) is 13.1 Å². The SMILES string of the molecule is Cc1ccc(C#N)c(C(=O)N2CCCC2)c1-c1nccs1. The van der Waals surface area contributed by atoms with Crippen LogP contribution >= 0.6 is 11.3 Å². The van der Waals surface area contributed by atoms with Crippen molar-refractivity contribution in [3.63, 3.8) is 0 Å². The van der Waals surface area contributed by atoms with Gasteiger partial charge in [-0.1, -0.05) is 6.07 Å². The first-order valence-corrected chi connectivity index (χ1v) is 7.83. The van der Waals surface area contributed by atoms with E-state index in [1.165, 1.54) is 11.3 Å². The van der Waals surface area contributed by atoms with Crippen molar-refractivity contribution < 1.29 is 4.79 Å². The van der Waals surface area contributed by atoms with Crippen LogP contribution in [-0.4, -0.2) is 28.9 Å². The fraction of sp³-hybridized carbons (Fsp3) is 0.312. The number of hydrogen-bond acceptors (Lipinski definition) is 4. The summed E-state index contributed by atoms with van der Waals surface area (Å²) in [6.07, 6.45) is 3.79. The lowest BCUT2D eigenvalue weighted by Gasteiger charge is -2.19. The summed E-state index contributed by atoms with van der Waals surface area (Å²) in [4.78, 5) is 19.0. The molecule has 0 aliphatic carbocycles. The fourth-order valence-electron chi connectivity index (χ4n) is 2.72. The van der Waals surface area contributed by atoms with E-state index in [4.69, 9.17) is 0 Å². The number of benzene rings is 1. The van der Waals surface area contributed by atoms with Crippen molar-refractivity contribution in [1.82, 2.24) is 9.88 Å². The molecular formula is C16H15N3OS. The summed E-state index contributed by atoms with van der Waals surface area (Å²) in [6.45, 7) is 3.50. The summed E-state index contributed by atoms with van der Waals surface area (Å²) in [5.41, 5.74) is 2.73. The molecule has 0 spiro atoms. The first-order valence-electron chi connectivity index (χ1n) is 6.95. The topological polar surface area (TPSA) is 57.0 Å². The molecule has 1 fully saturated rings. The molecule has 0 bridgehead atoms. The Kier molecular flexibility index (Phi) is 3.72. The normalized spacial score (nSPS) is 14.2. The smallest absolute Gasteiger partial charge is 0.255 e. The largest absolute Gasteiger partial charge is 0.339 e. The summed E-state index contributed by atoms with van der Waals surface area (Å²) >= 11 is 1.49. The van der Waals surface area contributed by atoms with E-state index in [2.05, 4.69) is 11.1 Å². The fourth-order valence-corrected chi connectivity index (χ4v) is 3.48. The van der Waals surface area contributed by atoms with Gasteiger partial charge in [-0.15, -0.1) is 11.3 Å². The molecule has 0 N–H and O–H groups in total. The van der Waals surface area contributed by atoms with E-state index in [0.717, 1.165) is 42.1 Å². The zero-order valence-electron chi connectivity index (χ0n) is 11.8. The first-order chi connectivity index (χ1) is 10.2. The van der Waals surface area contributed by atoms with E-state index in [9.17, 15) is 10.1 Å². The number of carbonyl (C=O) groups is 1. The van der Waals surface area contributed by atoms with Crippen LogP contribution in [0.25, 0.3) is 10.6 Å². The van der Waals surface area contributed by atoms with Crippen LogP contribution in [0.4, 0.5) is 0 Å². The molecule has 3 rings (SSSR count). The van der Waals surface area contributed by atoms with Crippen LogP contribution in [0.1, 0.15) is 34.3 Å². The highest BCUT2D eigenvalue weighted by molar-refractivity contribution is 7.13. The van der Waals surface area contributed by atoms with E-state index in [0.29, 0.717) is 11.1 Å². The number of aryl methyl sites for hydroxylation is 1. The van der Waals surface area contributed by atoms with E-state index in [1.54, 1.807) is 12.3 Å². The zero-order chi connectivity index (χ0) is 14.8. The van der Waals surface area contributed by atoms with Gasteiger partial charge in [0.25, 0.3) is 5.91 Å². The van der Waals surface area contributed by atoms with Gasteiger partial charge >= 0.3 is 0 Å². The van der Waals surface area contributed by atoms with Crippen molar-refractivity contribution >= 4 is 17.2 Å². The summed E-state index contributed by atoms with van der Waals surface area (Å²) in [5.74, 6) is -0.0436. The average Bonchev–Trinajstić information content (AvgIpc) is 3.19. The average molecular weight is 297 g/mol. The van der Waals surface area contributed by atoms with Gasteiger partial charge in [0, 0.05) is 30.2 Å². The molecule has 1 aliphatic heterocycles. The second-order valence-electron chi connectivity index (χ2n) is 5.13. The van der Waals surface area contributed by atoms with Crippen LogP contribution in [0.3, 0.4) is 0 Å². The molecule has 5 heteroatoms. The van der Waals surface area contributed by atoms with Gasteiger partial charge in [0.2, 0.25) is 0 Å². The highest BCUT2D eigenvalue weighted by Crippen LogP contribution is 2.32. The second kappa shape index (κ2) is 5.66. The third-order valence-electron chi connectivity index (χ3n) is 3.79. The first kappa shape index (κ1) is 13.8.